The van der Waals surface area contributed by atoms with E-state index in [0.29, 0.717) is 12.5 Å². The quantitative estimate of drug-likeness (QED) is 0.499. The number of carboxylic acids is 1. The van der Waals surface area contributed by atoms with Crippen LogP contribution in [-0.2, 0) is 4.79 Å². The zero-order chi connectivity index (χ0) is 8.60. The molecule has 3 aliphatic rings. The van der Waals surface area contributed by atoms with E-state index in [-0.39, 0.29) is 0 Å². The molecule has 0 amide bonds. The molecule has 3 fully saturated rings. The zero-order valence-electron chi connectivity index (χ0n) is 6.97. The second-order valence-corrected chi connectivity index (χ2v) is 3.71. The highest BCUT2D eigenvalue weighted by Gasteiger charge is 2.43. The number of nitrogens with one attached hydrogen (secondary N) is 2. The highest BCUT2D eigenvalue weighted by molar-refractivity contribution is 5.79. The largest absolute Gasteiger partial charge is 0.480 e. The van der Waals surface area contributed by atoms with Crippen LogP contribution >= 0.6 is 0 Å². The molecule has 0 aromatic carbocycles. The summed E-state index contributed by atoms with van der Waals surface area (Å²) in [5.74, 6) is -0.690. The normalized spacial score (nSPS) is 40.8. The molecular formula is C8H14N2O2. The number of aliphatic carboxylic acids is 1. The molecule has 3 N–H and O–H groups in total. The summed E-state index contributed by atoms with van der Waals surface area (Å²) in [6.45, 7) is 1.62. The Morgan fingerprint density at radius 2 is 2.33 bits per heavy atom. The minimum absolute atomic E-state index is 0.486. The highest BCUT2D eigenvalue weighted by atomic mass is 16.4. The Morgan fingerprint density at radius 3 is 2.92 bits per heavy atom. The van der Waals surface area contributed by atoms with E-state index >= 15 is 0 Å². The maximum Gasteiger partial charge on any atom is 0.323 e. The van der Waals surface area contributed by atoms with Crippen LogP contribution in [0.3, 0.4) is 0 Å². The van der Waals surface area contributed by atoms with Gasteiger partial charge in [-0.25, -0.2) is 0 Å². The fourth-order valence-corrected chi connectivity index (χ4v) is 2.10. The molecule has 0 radical (unpaired) electrons. The number of piperidine rings is 1. The van der Waals surface area contributed by atoms with Crippen molar-refractivity contribution >= 4 is 5.97 Å². The molecule has 3 rings (SSSR count). The summed E-state index contributed by atoms with van der Waals surface area (Å²) < 4.78 is 0. The first-order valence-electron chi connectivity index (χ1n) is 4.45. The zero-order valence-corrected chi connectivity index (χ0v) is 6.97. The molecule has 0 aromatic heterocycles. The van der Waals surface area contributed by atoms with Gasteiger partial charge in [-0.3, -0.25) is 4.79 Å². The maximum absolute atomic E-state index is 11.0. The van der Waals surface area contributed by atoms with Gasteiger partial charge in [0.05, 0.1) is 0 Å². The minimum atomic E-state index is -0.690. The van der Waals surface area contributed by atoms with E-state index < -0.39 is 11.5 Å². The molecule has 4 heteroatoms. The Morgan fingerprint density at radius 1 is 1.50 bits per heavy atom. The smallest absolute Gasteiger partial charge is 0.323 e. The van der Waals surface area contributed by atoms with Crippen LogP contribution in [0.25, 0.3) is 0 Å². The van der Waals surface area contributed by atoms with Gasteiger partial charge in [-0.05, 0) is 25.8 Å². The van der Waals surface area contributed by atoms with Crippen molar-refractivity contribution in [3.8, 4) is 0 Å². The molecule has 2 atom stereocenters. The summed E-state index contributed by atoms with van der Waals surface area (Å²) in [5.41, 5.74) is -0.625. The first-order chi connectivity index (χ1) is 5.73. The van der Waals surface area contributed by atoms with Gasteiger partial charge in [-0.1, -0.05) is 0 Å². The van der Waals surface area contributed by atoms with Gasteiger partial charge in [0.25, 0.3) is 0 Å². The van der Waals surface area contributed by atoms with Gasteiger partial charge in [0.1, 0.15) is 5.54 Å². The van der Waals surface area contributed by atoms with Crippen molar-refractivity contribution in [2.75, 3.05) is 13.1 Å². The summed E-state index contributed by atoms with van der Waals surface area (Å²) in [6.07, 6.45) is 2.46. The third-order valence-electron chi connectivity index (χ3n) is 3.00. The second kappa shape index (κ2) is 2.71. The molecule has 0 saturated carbocycles. The van der Waals surface area contributed by atoms with Crippen molar-refractivity contribution in [3.05, 3.63) is 0 Å². The molecule has 3 saturated heterocycles. The predicted molar refractivity (Wildman–Crippen MR) is 44.0 cm³/mol. The van der Waals surface area contributed by atoms with Crippen molar-refractivity contribution in [3.63, 3.8) is 0 Å². The van der Waals surface area contributed by atoms with Crippen molar-refractivity contribution < 1.29 is 9.90 Å². The van der Waals surface area contributed by atoms with Crippen LogP contribution in [0, 0.1) is 0 Å². The number of carbonyl (C=O) groups is 1. The number of rotatable bonds is 1. The van der Waals surface area contributed by atoms with Crippen LogP contribution in [-0.4, -0.2) is 35.7 Å². The van der Waals surface area contributed by atoms with Gasteiger partial charge >= 0.3 is 5.97 Å². The monoisotopic (exact) mass is 170 g/mol. The summed E-state index contributed by atoms with van der Waals surface area (Å²) in [5, 5.41) is 15.5. The molecule has 0 spiro atoms. The van der Waals surface area contributed by atoms with Crippen molar-refractivity contribution in [2.24, 2.45) is 0 Å². The number of fused-ring (bicyclic) bond motifs is 4. The molecule has 0 aromatic rings. The van der Waals surface area contributed by atoms with Crippen LogP contribution in [0.5, 0.6) is 0 Å². The second-order valence-electron chi connectivity index (χ2n) is 3.71. The van der Waals surface area contributed by atoms with Crippen LogP contribution in [0.4, 0.5) is 0 Å². The molecule has 68 valence electrons. The Labute approximate surface area is 71.3 Å². The van der Waals surface area contributed by atoms with E-state index in [1.807, 2.05) is 0 Å². The summed E-state index contributed by atoms with van der Waals surface area (Å²) in [6, 6.07) is 0.486. The fourth-order valence-electron chi connectivity index (χ4n) is 2.10. The Hall–Kier alpha value is -0.610. The van der Waals surface area contributed by atoms with Gasteiger partial charge in [0, 0.05) is 12.6 Å². The summed E-state index contributed by atoms with van der Waals surface area (Å²) in [7, 11) is 0. The number of hydrogen-bond acceptors (Lipinski definition) is 3. The van der Waals surface area contributed by atoms with Gasteiger partial charge in [-0.15, -0.1) is 0 Å². The fraction of sp³-hybridized carbons (Fsp3) is 0.875. The van der Waals surface area contributed by atoms with Gasteiger partial charge < -0.3 is 15.7 Å². The van der Waals surface area contributed by atoms with E-state index in [1.54, 1.807) is 0 Å². The Bertz CT molecular complexity index is 192. The molecule has 12 heavy (non-hydrogen) atoms. The van der Waals surface area contributed by atoms with Crippen LogP contribution < -0.4 is 10.6 Å². The SMILES string of the molecule is O=C(O)C12CCNC(CC1)CN2. The van der Waals surface area contributed by atoms with Crippen molar-refractivity contribution in [1.82, 2.24) is 10.6 Å². The van der Waals surface area contributed by atoms with E-state index in [2.05, 4.69) is 10.6 Å². The molecule has 2 unspecified atom stereocenters. The average Bonchev–Trinajstić information content (AvgIpc) is 2.37. The average molecular weight is 170 g/mol. The topological polar surface area (TPSA) is 61.4 Å². The first kappa shape index (κ1) is 8.01. The lowest BCUT2D eigenvalue weighted by atomic mass is 9.86. The maximum atomic E-state index is 11.0. The molecule has 4 nitrogen and oxygen atoms in total. The molecule has 0 aliphatic carbocycles. The van der Waals surface area contributed by atoms with Crippen molar-refractivity contribution in [2.45, 2.75) is 30.8 Å². The van der Waals surface area contributed by atoms with Crippen LogP contribution in [0.1, 0.15) is 19.3 Å². The molecule has 3 heterocycles. The van der Waals surface area contributed by atoms with E-state index in [4.69, 9.17) is 5.11 Å². The predicted octanol–water partition coefficient (Wildman–Crippen LogP) is -0.445. The van der Waals surface area contributed by atoms with E-state index in [1.165, 1.54) is 0 Å². The van der Waals surface area contributed by atoms with Gasteiger partial charge in [0.2, 0.25) is 0 Å². The Kier molecular flexibility index (Phi) is 1.81. The van der Waals surface area contributed by atoms with Gasteiger partial charge in [-0.2, -0.15) is 0 Å². The minimum Gasteiger partial charge on any atom is -0.480 e. The molecule has 2 bridgehead atoms. The lowest BCUT2D eigenvalue weighted by molar-refractivity contribution is -0.145. The third-order valence-corrected chi connectivity index (χ3v) is 3.00. The molecular weight excluding hydrogens is 156 g/mol. The highest BCUT2D eigenvalue weighted by Crippen LogP contribution is 2.26. The van der Waals surface area contributed by atoms with Crippen LogP contribution in [0.15, 0.2) is 0 Å². The third kappa shape index (κ3) is 1.11. The van der Waals surface area contributed by atoms with E-state index in [0.717, 1.165) is 25.9 Å². The number of carboxylic acid groups (broad SMARTS) is 1. The van der Waals surface area contributed by atoms with Gasteiger partial charge in [0.15, 0.2) is 0 Å². The standard InChI is InChI=1S/C8H14N2O2/c11-7(12)8-2-1-6(5-10-8)9-4-3-8/h6,9-10H,1-5H2,(H,11,12). The molecule has 3 aliphatic heterocycles. The summed E-state index contributed by atoms with van der Waals surface area (Å²) >= 11 is 0. The lowest BCUT2D eigenvalue weighted by Crippen LogP contribution is -2.56. The summed E-state index contributed by atoms with van der Waals surface area (Å²) in [4.78, 5) is 11.0. The number of hydrogen-bond donors (Lipinski definition) is 3. The van der Waals surface area contributed by atoms with Crippen LogP contribution in [0.2, 0.25) is 0 Å². The Balaban J connectivity index is 2.19. The van der Waals surface area contributed by atoms with Crippen molar-refractivity contribution in [1.29, 1.82) is 0 Å². The van der Waals surface area contributed by atoms with E-state index in [9.17, 15) is 4.79 Å². The first-order valence-corrected chi connectivity index (χ1v) is 4.45. The lowest BCUT2D eigenvalue weighted by Gasteiger charge is -2.33.